The molecule has 2 aromatic carbocycles. The summed E-state index contributed by atoms with van der Waals surface area (Å²) in [6, 6.07) is 10.4. The van der Waals surface area contributed by atoms with Gasteiger partial charge in [0.2, 0.25) is 5.91 Å². The number of benzene rings is 2. The third-order valence-corrected chi connectivity index (χ3v) is 5.50. The van der Waals surface area contributed by atoms with Gasteiger partial charge in [0.15, 0.2) is 0 Å². The minimum atomic E-state index is 0.158. The lowest BCUT2D eigenvalue weighted by Gasteiger charge is -2.30. The summed E-state index contributed by atoms with van der Waals surface area (Å²) in [4.78, 5) is 15.1. The van der Waals surface area contributed by atoms with E-state index in [1.165, 1.54) is 16.7 Å². The molecule has 0 aromatic heterocycles. The molecule has 0 saturated heterocycles. The van der Waals surface area contributed by atoms with E-state index in [2.05, 4.69) is 24.3 Å². The summed E-state index contributed by atoms with van der Waals surface area (Å²) in [5, 5.41) is 0. The smallest absolute Gasteiger partial charge is 0.231 e. The molecule has 0 bridgehead atoms. The van der Waals surface area contributed by atoms with E-state index in [-0.39, 0.29) is 5.91 Å². The molecule has 0 N–H and O–H groups in total. The van der Waals surface area contributed by atoms with Crippen molar-refractivity contribution >= 4 is 11.6 Å². The van der Waals surface area contributed by atoms with Crippen molar-refractivity contribution in [1.29, 1.82) is 0 Å². The SMILES string of the molecule is O=C(Cc1c2c(cc3c1OCC3)OCC2)N1CCCc2ccccc21. The van der Waals surface area contributed by atoms with E-state index < -0.39 is 0 Å². The predicted octanol–water partition coefficient (Wildman–Crippen LogP) is 3.08. The summed E-state index contributed by atoms with van der Waals surface area (Å²) in [5.74, 6) is 2.04. The minimum Gasteiger partial charge on any atom is -0.493 e. The summed E-state index contributed by atoms with van der Waals surface area (Å²) in [7, 11) is 0. The Kier molecular flexibility index (Phi) is 3.44. The monoisotopic (exact) mass is 335 g/mol. The molecule has 0 unspecified atom stereocenters. The first-order chi connectivity index (χ1) is 12.3. The highest BCUT2D eigenvalue weighted by atomic mass is 16.5. The quantitative estimate of drug-likeness (QED) is 0.847. The standard InChI is InChI=1S/C21H21NO3/c23-20(22-9-3-5-14-4-1-2-6-18(14)22)13-17-16-8-11-24-19(16)12-15-7-10-25-21(15)17/h1-2,4,6,12H,3,5,7-11,13H2. The van der Waals surface area contributed by atoms with E-state index >= 15 is 0 Å². The first-order valence-electron chi connectivity index (χ1n) is 9.13. The largest absolute Gasteiger partial charge is 0.493 e. The van der Waals surface area contributed by atoms with Crippen LogP contribution in [-0.4, -0.2) is 25.7 Å². The van der Waals surface area contributed by atoms with Gasteiger partial charge in [0.25, 0.3) is 0 Å². The molecule has 2 aromatic rings. The lowest BCUT2D eigenvalue weighted by Crippen LogP contribution is -2.36. The number of carbonyl (C=O) groups excluding carboxylic acids is 1. The van der Waals surface area contributed by atoms with Crippen molar-refractivity contribution in [3.63, 3.8) is 0 Å². The van der Waals surface area contributed by atoms with Crippen LogP contribution in [0.3, 0.4) is 0 Å². The summed E-state index contributed by atoms with van der Waals surface area (Å²) >= 11 is 0. The van der Waals surface area contributed by atoms with Crippen LogP contribution < -0.4 is 14.4 Å². The first kappa shape index (κ1) is 14.8. The minimum absolute atomic E-state index is 0.158. The van der Waals surface area contributed by atoms with Crippen molar-refractivity contribution in [2.75, 3.05) is 24.7 Å². The molecule has 0 radical (unpaired) electrons. The van der Waals surface area contributed by atoms with E-state index in [4.69, 9.17) is 9.47 Å². The average Bonchev–Trinajstić information content (AvgIpc) is 3.30. The van der Waals surface area contributed by atoms with Crippen LogP contribution in [-0.2, 0) is 30.5 Å². The number of carbonyl (C=O) groups is 1. The van der Waals surface area contributed by atoms with Crippen molar-refractivity contribution in [2.45, 2.75) is 32.1 Å². The summed E-state index contributed by atoms with van der Waals surface area (Å²) in [6.45, 7) is 2.20. The molecule has 3 heterocycles. The highest BCUT2D eigenvalue weighted by molar-refractivity contribution is 5.96. The second kappa shape index (κ2) is 5.80. The van der Waals surface area contributed by atoms with Crippen molar-refractivity contribution in [1.82, 2.24) is 0 Å². The van der Waals surface area contributed by atoms with Gasteiger partial charge in [-0.25, -0.2) is 0 Å². The predicted molar refractivity (Wildman–Crippen MR) is 95.7 cm³/mol. The zero-order valence-electron chi connectivity index (χ0n) is 14.2. The van der Waals surface area contributed by atoms with Crippen LogP contribution in [0.1, 0.15) is 28.7 Å². The average molecular weight is 335 g/mol. The zero-order chi connectivity index (χ0) is 16.8. The Morgan fingerprint density at radius 1 is 1.04 bits per heavy atom. The van der Waals surface area contributed by atoms with Gasteiger partial charge in [0, 0.05) is 41.8 Å². The van der Waals surface area contributed by atoms with Gasteiger partial charge < -0.3 is 14.4 Å². The van der Waals surface area contributed by atoms with E-state index in [0.29, 0.717) is 19.6 Å². The molecule has 4 nitrogen and oxygen atoms in total. The molecule has 0 aliphatic carbocycles. The molecular formula is C21H21NO3. The fourth-order valence-electron chi connectivity index (χ4n) is 4.31. The van der Waals surface area contributed by atoms with Gasteiger partial charge in [-0.1, -0.05) is 18.2 Å². The van der Waals surface area contributed by atoms with Gasteiger partial charge in [0.1, 0.15) is 11.5 Å². The molecule has 4 heteroatoms. The molecule has 5 rings (SSSR count). The van der Waals surface area contributed by atoms with Crippen LogP contribution in [0.4, 0.5) is 5.69 Å². The topological polar surface area (TPSA) is 38.8 Å². The Hall–Kier alpha value is -2.49. The van der Waals surface area contributed by atoms with E-state index in [1.807, 2.05) is 11.0 Å². The third kappa shape index (κ3) is 2.39. The molecule has 3 aliphatic heterocycles. The lowest BCUT2D eigenvalue weighted by molar-refractivity contribution is -0.118. The number of amides is 1. The Morgan fingerprint density at radius 2 is 1.92 bits per heavy atom. The van der Waals surface area contributed by atoms with Gasteiger partial charge in [0.05, 0.1) is 19.6 Å². The molecule has 0 saturated carbocycles. The maximum Gasteiger partial charge on any atom is 0.231 e. The van der Waals surface area contributed by atoms with Gasteiger partial charge in [-0.05, 0) is 30.5 Å². The number of aryl methyl sites for hydroxylation is 1. The molecule has 3 aliphatic rings. The van der Waals surface area contributed by atoms with Crippen molar-refractivity contribution in [3.05, 3.63) is 52.6 Å². The van der Waals surface area contributed by atoms with Crippen molar-refractivity contribution in [2.24, 2.45) is 0 Å². The maximum atomic E-state index is 13.2. The normalized spacial score (nSPS) is 17.4. The Morgan fingerprint density at radius 3 is 2.88 bits per heavy atom. The number of hydrogen-bond donors (Lipinski definition) is 0. The number of hydrogen-bond acceptors (Lipinski definition) is 3. The Balaban J connectivity index is 1.50. The number of rotatable bonds is 2. The van der Waals surface area contributed by atoms with Crippen LogP contribution >= 0.6 is 0 Å². The van der Waals surface area contributed by atoms with Gasteiger partial charge in [-0.2, -0.15) is 0 Å². The van der Waals surface area contributed by atoms with Crippen LogP contribution in [0.25, 0.3) is 0 Å². The first-order valence-corrected chi connectivity index (χ1v) is 9.13. The van der Waals surface area contributed by atoms with Gasteiger partial charge in [-0.3, -0.25) is 4.79 Å². The maximum absolute atomic E-state index is 13.2. The summed E-state index contributed by atoms with van der Waals surface area (Å²) in [6.07, 6.45) is 4.23. The van der Waals surface area contributed by atoms with Gasteiger partial charge >= 0.3 is 0 Å². The van der Waals surface area contributed by atoms with Crippen LogP contribution in [0.15, 0.2) is 30.3 Å². The number of ether oxygens (including phenoxy) is 2. The number of fused-ring (bicyclic) bond motifs is 3. The molecular weight excluding hydrogens is 314 g/mol. The van der Waals surface area contributed by atoms with Crippen LogP contribution in [0.2, 0.25) is 0 Å². The van der Waals surface area contributed by atoms with E-state index in [1.54, 1.807) is 0 Å². The summed E-state index contributed by atoms with van der Waals surface area (Å²) in [5.41, 5.74) is 5.74. The number of anilines is 1. The second-order valence-corrected chi connectivity index (χ2v) is 6.97. The third-order valence-electron chi connectivity index (χ3n) is 5.50. The summed E-state index contributed by atoms with van der Waals surface area (Å²) < 4.78 is 11.7. The van der Waals surface area contributed by atoms with E-state index in [0.717, 1.165) is 55.0 Å². The Labute approximate surface area is 147 Å². The number of para-hydroxylation sites is 1. The fraction of sp³-hybridized carbons (Fsp3) is 0.381. The van der Waals surface area contributed by atoms with Gasteiger partial charge in [-0.15, -0.1) is 0 Å². The van der Waals surface area contributed by atoms with E-state index in [9.17, 15) is 4.79 Å². The molecule has 128 valence electrons. The van der Waals surface area contributed by atoms with Crippen LogP contribution in [0.5, 0.6) is 11.5 Å². The molecule has 25 heavy (non-hydrogen) atoms. The lowest BCUT2D eigenvalue weighted by atomic mass is 9.95. The van der Waals surface area contributed by atoms with Crippen molar-refractivity contribution < 1.29 is 14.3 Å². The van der Waals surface area contributed by atoms with Crippen molar-refractivity contribution in [3.8, 4) is 11.5 Å². The molecule has 0 spiro atoms. The highest BCUT2D eigenvalue weighted by Crippen LogP contribution is 2.41. The number of nitrogens with zero attached hydrogens (tertiary/aromatic N) is 1. The van der Waals surface area contributed by atoms with Crippen LogP contribution in [0, 0.1) is 0 Å². The molecule has 1 amide bonds. The molecule has 0 atom stereocenters. The molecule has 0 fully saturated rings. The highest BCUT2D eigenvalue weighted by Gasteiger charge is 2.30. The zero-order valence-corrected chi connectivity index (χ0v) is 14.2. The fourth-order valence-corrected chi connectivity index (χ4v) is 4.31. The second-order valence-electron chi connectivity index (χ2n) is 6.97. The Bertz CT molecular complexity index is 826.